The molecule has 1 aliphatic rings. The Morgan fingerprint density at radius 3 is 2.48 bits per heavy atom. The Hall–Kier alpha value is -1.84. The molecule has 0 N–H and O–H groups in total. The fourth-order valence-electron chi connectivity index (χ4n) is 3.31. The van der Waals surface area contributed by atoms with Crippen LogP contribution in [0.3, 0.4) is 0 Å². The number of piperidine rings is 1. The number of likely N-dealkylation sites (N-methyl/N-ethyl adjacent to an activating group) is 1. The van der Waals surface area contributed by atoms with Crippen molar-refractivity contribution in [2.75, 3.05) is 20.1 Å². The van der Waals surface area contributed by atoms with Crippen molar-refractivity contribution in [3.63, 3.8) is 0 Å². The number of nitrogens with zero attached hydrogens (tertiary/aromatic N) is 2. The molecule has 5 nitrogen and oxygen atoms in total. The normalized spacial score (nSPS) is 16.6. The molecule has 0 aliphatic carbocycles. The standard InChI is InChI=1S/C20H24F2N2O3S2/c1-14(15-6-8-17(21)18(22)12-15)23(2)19(25)13-16-7-9-20(28-16)29(26,27)24-10-4-3-5-11-24/h6-9,12,14H,3-5,10-11,13H2,1-2H3. The molecule has 1 fully saturated rings. The van der Waals surface area contributed by atoms with E-state index in [1.807, 2.05) is 0 Å². The molecule has 1 aromatic heterocycles. The molecule has 1 saturated heterocycles. The second-order valence-corrected chi connectivity index (χ2v) is 10.5. The molecule has 1 aliphatic heterocycles. The maximum atomic E-state index is 13.5. The fourth-order valence-corrected chi connectivity index (χ4v) is 6.33. The number of carbonyl (C=O) groups is 1. The first-order chi connectivity index (χ1) is 13.7. The molecule has 29 heavy (non-hydrogen) atoms. The molecule has 0 bridgehead atoms. The van der Waals surface area contributed by atoms with Crippen LogP contribution < -0.4 is 0 Å². The predicted octanol–water partition coefficient (Wildman–Crippen LogP) is 3.96. The number of rotatable bonds is 6. The summed E-state index contributed by atoms with van der Waals surface area (Å²) in [7, 11) is -1.93. The predicted molar refractivity (Wildman–Crippen MR) is 108 cm³/mol. The lowest BCUT2D eigenvalue weighted by molar-refractivity contribution is -0.131. The van der Waals surface area contributed by atoms with Gasteiger partial charge in [0.15, 0.2) is 11.6 Å². The van der Waals surface area contributed by atoms with Crippen LogP contribution in [0.25, 0.3) is 0 Å². The third kappa shape index (κ3) is 4.84. The SMILES string of the molecule is CC(c1ccc(F)c(F)c1)N(C)C(=O)Cc1ccc(S(=O)(=O)N2CCCCC2)s1. The Morgan fingerprint density at radius 2 is 1.83 bits per heavy atom. The van der Waals surface area contributed by atoms with Gasteiger partial charge < -0.3 is 4.90 Å². The van der Waals surface area contributed by atoms with E-state index in [0.717, 1.165) is 42.7 Å². The van der Waals surface area contributed by atoms with Crippen LogP contribution in [0.1, 0.15) is 42.7 Å². The second-order valence-electron chi connectivity index (χ2n) is 7.22. The molecule has 9 heteroatoms. The number of halogens is 2. The van der Waals surface area contributed by atoms with Gasteiger partial charge >= 0.3 is 0 Å². The minimum Gasteiger partial charge on any atom is -0.339 e. The molecular formula is C20H24F2N2O3S2. The molecular weight excluding hydrogens is 418 g/mol. The first-order valence-electron chi connectivity index (χ1n) is 9.49. The van der Waals surface area contributed by atoms with Crippen molar-refractivity contribution in [1.82, 2.24) is 9.21 Å². The third-order valence-electron chi connectivity index (χ3n) is 5.27. The van der Waals surface area contributed by atoms with Crippen molar-refractivity contribution < 1.29 is 22.0 Å². The van der Waals surface area contributed by atoms with Crippen LogP contribution in [-0.2, 0) is 21.2 Å². The lowest BCUT2D eigenvalue weighted by Crippen LogP contribution is -2.35. The Balaban J connectivity index is 1.68. The average molecular weight is 443 g/mol. The zero-order chi connectivity index (χ0) is 21.2. The number of carbonyl (C=O) groups excluding carboxylic acids is 1. The highest BCUT2D eigenvalue weighted by molar-refractivity contribution is 7.91. The van der Waals surface area contributed by atoms with E-state index in [-0.39, 0.29) is 16.5 Å². The summed E-state index contributed by atoms with van der Waals surface area (Å²) in [5.41, 5.74) is 0.485. The van der Waals surface area contributed by atoms with E-state index >= 15 is 0 Å². The summed E-state index contributed by atoms with van der Waals surface area (Å²) in [5.74, 6) is -2.12. The molecule has 2 heterocycles. The topological polar surface area (TPSA) is 57.7 Å². The quantitative estimate of drug-likeness (QED) is 0.680. The van der Waals surface area contributed by atoms with Crippen LogP contribution in [0.5, 0.6) is 0 Å². The van der Waals surface area contributed by atoms with E-state index in [4.69, 9.17) is 0 Å². The smallest absolute Gasteiger partial charge is 0.252 e. The number of hydrogen-bond donors (Lipinski definition) is 0. The molecule has 2 aromatic rings. The van der Waals surface area contributed by atoms with Crippen molar-refractivity contribution in [3.05, 3.63) is 52.4 Å². The van der Waals surface area contributed by atoms with Gasteiger partial charge in [-0.1, -0.05) is 12.5 Å². The maximum Gasteiger partial charge on any atom is 0.252 e. The van der Waals surface area contributed by atoms with Crippen LogP contribution in [-0.4, -0.2) is 43.7 Å². The van der Waals surface area contributed by atoms with E-state index in [1.54, 1.807) is 26.1 Å². The number of amides is 1. The molecule has 1 amide bonds. The van der Waals surface area contributed by atoms with Crippen LogP contribution in [0.4, 0.5) is 8.78 Å². The van der Waals surface area contributed by atoms with Gasteiger partial charge in [-0.05, 0) is 49.6 Å². The van der Waals surface area contributed by atoms with Gasteiger partial charge in [-0.25, -0.2) is 17.2 Å². The summed E-state index contributed by atoms with van der Waals surface area (Å²) < 4.78 is 53.9. The lowest BCUT2D eigenvalue weighted by Gasteiger charge is -2.25. The van der Waals surface area contributed by atoms with Crippen molar-refractivity contribution in [2.45, 2.75) is 42.9 Å². The van der Waals surface area contributed by atoms with Gasteiger partial charge in [0.2, 0.25) is 5.91 Å². The van der Waals surface area contributed by atoms with E-state index in [9.17, 15) is 22.0 Å². The highest BCUT2D eigenvalue weighted by Crippen LogP contribution is 2.28. The summed E-state index contributed by atoms with van der Waals surface area (Å²) in [4.78, 5) is 14.7. The zero-order valence-electron chi connectivity index (χ0n) is 16.4. The number of sulfonamides is 1. The van der Waals surface area contributed by atoms with Crippen molar-refractivity contribution in [3.8, 4) is 0 Å². The third-order valence-corrected chi connectivity index (χ3v) is 8.72. The van der Waals surface area contributed by atoms with Crippen LogP contribution in [0, 0.1) is 11.6 Å². The summed E-state index contributed by atoms with van der Waals surface area (Å²) in [6, 6.07) is 6.33. The zero-order valence-corrected chi connectivity index (χ0v) is 18.0. The van der Waals surface area contributed by atoms with Crippen molar-refractivity contribution in [2.24, 2.45) is 0 Å². The van der Waals surface area contributed by atoms with Gasteiger partial charge in [0.05, 0.1) is 12.5 Å². The maximum absolute atomic E-state index is 13.5. The Morgan fingerprint density at radius 1 is 1.14 bits per heavy atom. The van der Waals surface area contributed by atoms with Gasteiger partial charge in [0.25, 0.3) is 10.0 Å². The van der Waals surface area contributed by atoms with Gasteiger partial charge in [-0.3, -0.25) is 4.79 Å². The van der Waals surface area contributed by atoms with Crippen molar-refractivity contribution >= 4 is 27.3 Å². The molecule has 0 radical (unpaired) electrons. The van der Waals surface area contributed by atoms with Gasteiger partial charge in [0, 0.05) is 25.0 Å². The summed E-state index contributed by atoms with van der Waals surface area (Å²) in [5, 5.41) is 0. The van der Waals surface area contributed by atoms with E-state index in [1.165, 1.54) is 15.3 Å². The first-order valence-corrected chi connectivity index (χ1v) is 11.8. The van der Waals surface area contributed by atoms with Crippen molar-refractivity contribution in [1.29, 1.82) is 0 Å². The van der Waals surface area contributed by atoms with E-state index < -0.39 is 27.7 Å². The molecule has 1 atom stereocenters. The minimum atomic E-state index is -3.52. The van der Waals surface area contributed by atoms with Crippen LogP contribution in [0.15, 0.2) is 34.5 Å². The number of thiophene rings is 1. The molecule has 1 aromatic carbocycles. The average Bonchev–Trinajstić information content (AvgIpc) is 3.19. The monoisotopic (exact) mass is 442 g/mol. The first kappa shape index (κ1) is 21.9. The second kappa shape index (κ2) is 8.89. The molecule has 3 rings (SSSR count). The minimum absolute atomic E-state index is 0.0463. The number of benzene rings is 1. The summed E-state index contributed by atoms with van der Waals surface area (Å²) in [6.45, 7) is 2.79. The van der Waals surface area contributed by atoms with Gasteiger partial charge in [-0.15, -0.1) is 11.3 Å². The lowest BCUT2D eigenvalue weighted by atomic mass is 10.1. The molecule has 158 valence electrons. The van der Waals surface area contributed by atoms with Crippen LogP contribution in [0.2, 0.25) is 0 Å². The summed E-state index contributed by atoms with van der Waals surface area (Å²) in [6.07, 6.45) is 2.81. The van der Waals surface area contributed by atoms with E-state index in [0.29, 0.717) is 23.5 Å². The number of hydrogen-bond acceptors (Lipinski definition) is 4. The summed E-state index contributed by atoms with van der Waals surface area (Å²) >= 11 is 1.10. The Bertz CT molecular complexity index is 985. The molecule has 0 saturated carbocycles. The highest BCUT2D eigenvalue weighted by atomic mass is 32.2. The van der Waals surface area contributed by atoms with Crippen LogP contribution >= 0.6 is 11.3 Å². The molecule has 1 unspecified atom stereocenters. The largest absolute Gasteiger partial charge is 0.339 e. The van der Waals surface area contributed by atoms with E-state index in [2.05, 4.69) is 0 Å². The Labute approximate surface area is 174 Å². The van der Waals surface area contributed by atoms with Gasteiger partial charge in [0.1, 0.15) is 4.21 Å². The fraction of sp³-hybridized carbons (Fsp3) is 0.450. The van der Waals surface area contributed by atoms with Gasteiger partial charge in [-0.2, -0.15) is 4.31 Å². The molecule has 0 spiro atoms. The highest BCUT2D eigenvalue weighted by Gasteiger charge is 2.28. The Kier molecular flexibility index (Phi) is 6.70.